The average Bonchev–Trinajstić information content (AvgIpc) is 3.35. The molecular formula is C22H25N7O. The molecule has 2 aliphatic heterocycles. The highest BCUT2D eigenvalue weighted by Crippen LogP contribution is 2.46. The normalized spacial score (nSPS) is 19.5. The lowest BCUT2D eigenvalue weighted by Crippen LogP contribution is -2.44. The molecule has 30 heavy (non-hydrogen) atoms. The number of benzene rings is 1. The Morgan fingerprint density at radius 2 is 2.00 bits per heavy atom. The Kier molecular flexibility index (Phi) is 4.61. The largest absolute Gasteiger partial charge is 0.347 e. The van der Waals surface area contributed by atoms with Gasteiger partial charge in [-0.2, -0.15) is 10.1 Å². The van der Waals surface area contributed by atoms with E-state index in [9.17, 15) is 4.79 Å². The molecule has 0 saturated carbocycles. The summed E-state index contributed by atoms with van der Waals surface area (Å²) in [7, 11) is 3.90. The number of aromatic nitrogens is 4. The zero-order valence-electron chi connectivity index (χ0n) is 17.2. The molecule has 0 spiro atoms. The van der Waals surface area contributed by atoms with Gasteiger partial charge < -0.3 is 15.1 Å². The van der Waals surface area contributed by atoms with Crippen molar-refractivity contribution in [2.75, 3.05) is 24.3 Å². The molecule has 0 aliphatic carbocycles. The number of nitrogens with zero attached hydrogens (tertiary/aromatic N) is 6. The van der Waals surface area contributed by atoms with Gasteiger partial charge in [0.2, 0.25) is 11.9 Å². The van der Waals surface area contributed by atoms with E-state index in [1.54, 1.807) is 10.9 Å². The van der Waals surface area contributed by atoms with Gasteiger partial charge >= 0.3 is 0 Å². The van der Waals surface area contributed by atoms with E-state index in [1.807, 2.05) is 66.5 Å². The summed E-state index contributed by atoms with van der Waals surface area (Å²) >= 11 is 0. The summed E-state index contributed by atoms with van der Waals surface area (Å²) in [6.07, 6.45) is 6.19. The number of hydrogen-bond acceptors (Lipinski definition) is 6. The lowest BCUT2D eigenvalue weighted by atomic mass is 9.97. The van der Waals surface area contributed by atoms with Gasteiger partial charge in [0.1, 0.15) is 12.4 Å². The summed E-state index contributed by atoms with van der Waals surface area (Å²) in [6.45, 7) is 0.257. The Balaban J connectivity index is 1.53. The first-order valence-electron chi connectivity index (χ1n) is 10.3. The van der Waals surface area contributed by atoms with Crippen LogP contribution in [0.3, 0.4) is 0 Å². The lowest BCUT2D eigenvalue weighted by Gasteiger charge is -2.37. The second kappa shape index (κ2) is 7.44. The number of para-hydroxylation sites is 1. The molecule has 1 saturated heterocycles. The first-order valence-corrected chi connectivity index (χ1v) is 10.3. The van der Waals surface area contributed by atoms with Crippen LogP contribution >= 0.6 is 0 Å². The zero-order valence-corrected chi connectivity index (χ0v) is 17.2. The molecule has 2 aliphatic rings. The summed E-state index contributed by atoms with van der Waals surface area (Å²) in [5, 5.41) is 7.68. The van der Waals surface area contributed by atoms with Crippen molar-refractivity contribution in [2.45, 2.75) is 37.9 Å². The van der Waals surface area contributed by atoms with E-state index in [1.165, 1.54) is 0 Å². The van der Waals surface area contributed by atoms with Crippen LogP contribution in [-0.2, 0) is 17.8 Å². The molecule has 8 heteroatoms. The van der Waals surface area contributed by atoms with E-state index in [0.717, 1.165) is 42.0 Å². The molecule has 2 bridgehead atoms. The Bertz CT molecular complexity index is 1050. The Morgan fingerprint density at radius 1 is 1.17 bits per heavy atom. The minimum Gasteiger partial charge on any atom is -0.347 e. The summed E-state index contributed by atoms with van der Waals surface area (Å²) in [5.74, 6) is 1.57. The molecule has 0 unspecified atom stereocenters. The highest BCUT2D eigenvalue weighted by Gasteiger charge is 2.45. The minimum absolute atomic E-state index is 0.00997. The molecule has 1 fully saturated rings. The maximum atomic E-state index is 13.2. The highest BCUT2D eigenvalue weighted by atomic mass is 16.2. The van der Waals surface area contributed by atoms with Crippen LogP contribution in [0.5, 0.6) is 0 Å². The molecule has 154 valence electrons. The number of carbonyl (C=O) groups excluding carboxylic acids is 1. The number of amides is 1. The molecule has 0 radical (unpaired) electrons. The van der Waals surface area contributed by atoms with Gasteiger partial charge in [-0.3, -0.25) is 9.48 Å². The summed E-state index contributed by atoms with van der Waals surface area (Å²) in [4.78, 5) is 26.8. The third-order valence-corrected chi connectivity index (χ3v) is 5.86. The number of anilines is 3. The van der Waals surface area contributed by atoms with Gasteiger partial charge in [-0.05, 0) is 31.0 Å². The maximum Gasteiger partial charge on any atom is 0.245 e. The summed E-state index contributed by atoms with van der Waals surface area (Å²) in [6, 6.07) is 12.0. The van der Waals surface area contributed by atoms with Crippen molar-refractivity contribution in [1.29, 1.82) is 0 Å². The number of rotatable bonds is 5. The second-order valence-corrected chi connectivity index (χ2v) is 8.07. The molecule has 5 rings (SSSR count). The third-order valence-electron chi connectivity index (χ3n) is 5.86. The Morgan fingerprint density at radius 3 is 2.73 bits per heavy atom. The molecule has 1 N–H and O–H groups in total. The van der Waals surface area contributed by atoms with Gasteiger partial charge in [-0.25, -0.2) is 4.98 Å². The van der Waals surface area contributed by atoms with E-state index in [0.29, 0.717) is 5.95 Å². The molecule has 3 aromatic rings. The fourth-order valence-electron chi connectivity index (χ4n) is 4.54. The maximum absolute atomic E-state index is 13.2. The lowest BCUT2D eigenvalue weighted by molar-refractivity contribution is -0.135. The molecule has 2 aromatic heterocycles. The van der Waals surface area contributed by atoms with E-state index < -0.39 is 0 Å². The molecule has 4 heterocycles. The fourth-order valence-corrected chi connectivity index (χ4v) is 4.54. The predicted molar refractivity (Wildman–Crippen MR) is 115 cm³/mol. The van der Waals surface area contributed by atoms with E-state index >= 15 is 0 Å². The van der Waals surface area contributed by atoms with Gasteiger partial charge in [0.15, 0.2) is 0 Å². The van der Waals surface area contributed by atoms with Crippen LogP contribution in [0.4, 0.5) is 17.5 Å². The predicted octanol–water partition coefficient (Wildman–Crippen LogP) is 2.77. The quantitative estimate of drug-likeness (QED) is 0.706. The first-order chi connectivity index (χ1) is 14.6. The number of carbonyl (C=O) groups is 1. The number of fused-ring (bicyclic) bond motifs is 4. The Hall–Kier alpha value is -3.42. The fraction of sp³-hybridized carbons (Fsp3) is 0.364. The van der Waals surface area contributed by atoms with Gasteiger partial charge in [-0.1, -0.05) is 18.2 Å². The number of nitrogens with one attached hydrogen (secondary N) is 1. The van der Waals surface area contributed by atoms with Crippen LogP contribution in [0.1, 0.15) is 30.1 Å². The van der Waals surface area contributed by atoms with Crippen molar-refractivity contribution in [2.24, 2.45) is 0 Å². The van der Waals surface area contributed by atoms with Crippen molar-refractivity contribution in [1.82, 2.24) is 24.6 Å². The van der Waals surface area contributed by atoms with Gasteiger partial charge in [0, 0.05) is 50.2 Å². The van der Waals surface area contributed by atoms with E-state index in [2.05, 4.69) is 10.4 Å². The third kappa shape index (κ3) is 3.28. The van der Waals surface area contributed by atoms with Crippen LogP contribution < -0.4 is 10.2 Å². The monoisotopic (exact) mass is 403 g/mol. The summed E-state index contributed by atoms with van der Waals surface area (Å²) in [5.41, 5.74) is 3.06. The van der Waals surface area contributed by atoms with Crippen LogP contribution in [0.2, 0.25) is 0 Å². The Labute approximate surface area is 175 Å². The van der Waals surface area contributed by atoms with Crippen LogP contribution in [0.25, 0.3) is 0 Å². The molecule has 1 aromatic carbocycles. The molecule has 2 atom stereocenters. The van der Waals surface area contributed by atoms with Crippen LogP contribution in [0.15, 0.2) is 48.8 Å². The van der Waals surface area contributed by atoms with Crippen molar-refractivity contribution >= 4 is 23.4 Å². The van der Waals surface area contributed by atoms with Crippen molar-refractivity contribution in [3.8, 4) is 0 Å². The molecule has 1 amide bonds. The summed E-state index contributed by atoms with van der Waals surface area (Å²) < 4.78 is 1.69. The minimum atomic E-state index is -0.00997. The zero-order chi connectivity index (χ0) is 20.7. The van der Waals surface area contributed by atoms with Crippen molar-refractivity contribution < 1.29 is 4.79 Å². The van der Waals surface area contributed by atoms with Crippen molar-refractivity contribution in [3.05, 3.63) is 60.0 Å². The first kappa shape index (κ1) is 18.6. The van der Waals surface area contributed by atoms with E-state index in [4.69, 9.17) is 9.97 Å². The topological polar surface area (TPSA) is 79.2 Å². The van der Waals surface area contributed by atoms with Gasteiger partial charge in [0.05, 0.1) is 11.7 Å². The van der Waals surface area contributed by atoms with Crippen LogP contribution in [0, 0.1) is 0 Å². The van der Waals surface area contributed by atoms with Crippen molar-refractivity contribution in [3.63, 3.8) is 0 Å². The molecule has 8 nitrogen and oxygen atoms in total. The second-order valence-electron chi connectivity index (χ2n) is 8.07. The van der Waals surface area contributed by atoms with E-state index in [-0.39, 0.29) is 24.5 Å². The number of hydrogen-bond donors (Lipinski definition) is 1. The van der Waals surface area contributed by atoms with Crippen LogP contribution in [-0.4, -0.2) is 50.7 Å². The van der Waals surface area contributed by atoms with Gasteiger partial charge in [0.25, 0.3) is 0 Å². The highest BCUT2D eigenvalue weighted by molar-refractivity contribution is 5.78. The molecular weight excluding hydrogens is 378 g/mol. The average molecular weight is 403 g/mol. The standard InChI is InChI=1S/C22H25N7O/c1-27(2)22-25-17-13-16-9-10-18(29(16)19(30)14-28-12-6-11-23-28)20(17)21(26-22)24-15-7-4-3-5-8-15/h3-8,11-12,16,18H,9-10,13-14H2,1-2H3,(H,24,25,26)/t16-,18-/m1/s1. The SMILES string of the molecule is CN(C)c1nc2c(c(Nc3ccccc3)n1)[C@H]1CC[C@H](C2)N1C(=O)Cn1cccn1. The smallest absolute Gasteiger partial charge is 0.245 e. The van der Waals surface area contributed by atoms with Gasteiger partial charge in [-0.15, -0.1) is 0 Å².